The molecular weight excluding hydrogens is 449 g/mol. The number of aromatic nitrogens is 1. The number of hydroxylamine groups is 2. The summed E-state index contributed by atoms with van der Waals surface area (Å²) in [7, 11) is 4.74. The van der Waals surface area contributed by atoms with Gasteiger partial charge in [-0.3, -0.25) is 9.78 Å². The highest BCUT2D eigenvalue weighted by Crippen LogP contribution is 2.36. The second-order valence-electron chi connectivity index (χ2n) is 6.87. The number of carbonyl (C=O) groups is 1. The summed E-state index contributed by atoms with van der Waals surface area (Å²) in [6, 6.07) is 9.54. The van der Waals surface area contributed by atoms with Crippen molar-refractivity contribution in [3.63, 3.8) is 0 Å². The van der Waals surface area contributed by atoms with Crippen LogP contribution in [0.5, 0.6) is 5.75 Å². The van der Waals surface area contributed by atoms with Gasteiger partial charge in [-0.15, -0.1) is 0 Å². The molecule has 2 N–H and O–H groups in total. The molecule has 3 rings (SSSR count). The Kier molecular flexibility index (Phi) is 7.79. The van der Waals surface area contributed by atoms with E-state index in [0.717, 1.165) is 0 Å². The van der Waals surface area contributed by atoms with Crippen molar-refractivity contribution in [3.8, 4) is 11.8 Å². The lowest BCUT2D eigenvalue weighted by Gasteiger charge is -2.15. The Morgan fingerprint density at radius 3 is 2.79 bits per heavy atom. The predicted octanol–water partition coefficient (Wildman–Crippen LogP) is 4.64. The van der Waals surface area contributed by atoms with E-state index in [-0.39, 0.29) is 16.5 Å². The molecule has 0 radical (unpaired) electrons. The van der Waals surface area contributed by atoms with Gasteiger partial charge in [0.2, 0.25) is 5.91 Å². The van der Waals surface area contributed by atoms with Gasteiger partial charge in [-0.2, -0.15) is 10.3 Å². The second-order valence-corrected chi connectivity index (χ2v) is 7.27. The number of carbonyl (C=O) groups excluding carboxylic acids is 1. The Morgan fingerprint density at radius 2 is 2.12 bits per heavy atom. The molecule has 0 atom stereocenters. The number of likely N-dealkylation sites (N-methyl/N-ethyl adjacent to an activating group) is 1. The summed E-state index contributed by atoms with van der Waals surface area (Å²) in [5.74, 6) is -0.533. The van der Waals surface area contributed by atoms with Crippen LogP contribution in [-0.2, 0) is 9.63 Å². The molecule has 1 heterocycles. The largest absolute Gasteiger partial charge is 0.494 e. The van der Waals surface area contributed by atoms with Crippen LogP contribution >= 0.6 is 11.6 Å². The lowest BCUT2D eigenvalue weighted by Crippen LogP contribution is -2.17. The van der Waals surface area contributed by atoms with Crippen LogP contribution in [-0.4, -0.2) is 43.8 Å². The Balaban J connectivity index is 2.01. The molecular formula is C23H21ClFN5O3. The van der Waals surface area contributed by atoms with Gasteiger partial charge < -0.3 is 20.2 Å². The average molecular weight is 470 g/mol. The summed E-state index contributed by atoms with van der Waals surface area (Å²) in [6.45, 7) is 0.419. The van der Waals surface area contributed by atoms with Crippen molar-refractivity contribution >= 4 is 45.5 Å². The van der Waals surface area contributed by atoms with Crippen LogP contribution in [0.25, 0.3) is 10.9 Å². The number of halogens is 2. The number of benzene rings is 2. The maximum Gasteiger partial charge on any atom is 0.248 e. The zero-order valence-electron chi connectivity index (χ0n) is 18.1. The van der Waals surface area contributed by atoms with E-state index in [4.69, 9.17) is 21.2 Å². The number of hydrogen-bond acceptors (Lipinski definition) is 7. The maximum atomic E-state index is 13.6. The van der Waals surface area contributed by atoms with E-state index in [2.05, 4.69) is 21.7 Å². The Labute approximate surface area is 195 Å². The topological polar surface area (TPSA) is 99.5 Å². The third-order valence-corrected chi connectivity index (χ3v) is 4.99. The number of nitriles is 1. The van der Waals surface area contributed by atoms with Gasteiger partial charge in [0.1, 0.15) is 17.6 Å². The van der Waals surface area contributed by atoms with E-state index < -0.39 is 5.82 Å². The average Bonchev–Trinajstić information content (AvgIpc) is 2.81. The Hall–Kier alpha value is -3.71. The lowest BCUT2D eigenvalue weighted by atomic mass is 10.1. The summed E-state index contributed by atoms with van der Waals surface area (Å²) in [5.41, 5.74) is 2.08. The van der Waals surface area contributed by atoms with Crippen molar-refractivity contribution in [1.82, 2.24) is 10.0 Å². The molecule has 0 aliphatic rings. The Morgan fingerprint density at radius 1 is 1.33 bits per heavy atom. The number of nitrogens with zero attached hydrogens (tertiary/aromatic N) is 3. The highest BCUT2D eigenvalue weighted by Gasteiger charge is 2.15. The molecule has 3 aromatic rings. The van der Waals surface area contributed by atoms with Crippen LogP contribution in [0.3, 0.4) is 0 Å². The molecule has 0 bridgehead atoms. The molecule has 8 nitrogen and oxygen atoms in total. The lowest BCUT2D eigenvalue weighted by molar-refractivity contribution is -0.112. The highest BCUT2D eigenvalue weighted by atomic mass is 35.5. The minimum Gasteiger partial charge on any atom is -0.494 e. The third kappa shape index (κ3) is 5.75. The summed E-state index contributed by atoms with van der Waals surface area (Å²) in [6.07, 6.45) is 4.44. The van der Waals surface area contributed by atoms with Crippen LogP contribution in [0.4, 0.5) is 21.5 Å². The Bertz CT molecular complexity index is 1260. The van der Waals surface area contributed by atoms with Crippen molar-refractivity contribution in [2.45, 2.75) is 0 Å². The molecule has 1 amide bonds. The van der Waals surface area contributed by atoms with Gasteiger partial charge in [-0.05, 0) is 24.3 Å². The van der Waals surface area contributed by atoms with Gasteiger partial charge in [0.05, 0.1) is 41.7 Å². The van der Waals surface area contributed by atoms with Crippen molar-refractivity contribution < 1.29 is 18.8 Å². The van der Waals surface area contributed by atoms with Crippen molar-refractivity contribution in [1.29, 1.82) is 5.26 Å². The summed E-state index contributed by atoms with van der Waals surface area (Å²) in [5, 5.41) is 17.5. The fourth-order valence-corrected chi connectivity index (χ4v) is 3.16. The minimum absolute atomic E-state index is 0.0580. The van der Waals surface area contributed by atoms with Crippen LogP contribution in [0, 0.1) is 17.1 Å². The molecule has 170 valence electrons. The predicted molar refractivity (Wildman–Crippen MR) is 125 cm³/mol. The van der Waals surface area contributed by atoms with Crippen LogP contribution < -0.4 is 15.4 Å². The van der Waals surface area contributed by atoms with Gasteiger partial charge >= 0.3 is 0 Å². The van der Waals surface area contributed by atoms with Gasteiger partial charge in [-0.1, -0.05) is 17.7 Å². The molecule has 0 saturated heterocycles. The van der Waals surface area contributed by atoms with Crippen molar-refractivity contribution in [2.24, 2.45) is 0 Å². The molecule has 0 fully saturated rings. The zero-order valence-corrected chi connectivity index (χ0v) is 18.9. The first-order valence-corrected chi connectivity index (χ1v) is 10.1. The molecule has 0 saturated carbocycles. The number of pyridine rings is 1. The number of ether oxygens (including phenoxy) is 1. The molecule has 0 unspecified atom stereocenters. The first-order valence-electron chi connectivity index (χ1n) is 9.72. The quantitative estimate of drug-likeness (QED) is 0.366. The summed E-state index contributed by atoms with van der Waals surface area (Å²) >= 11 is 5.89. The van der Waals surface area contributed by atoms with E-state index in [9.17, 15) is 14.4 Å². The van der Waals surface area contributed by atoms with Crippen LogP contribution in [0.2, 0.25) is 5.02 Å². The number of nitrogens with one attached hydrogen (secondary N) is 2. The molecule has 10 heteroatoms. The fourth-order valence-electron chi connectivity index (χ4n) is 2.98. The zero-order chi connectivity index (χ0) is 24.0. The smallest absolute Gasteiger partial charge is 0.248 e. The number of amides is 1. The first-order chi connectivity index (χ1) is 15.9. The number of hydrogen-bond donors (Lipinski definition) is 2. The number of anilines is 3. The molecule has 33 heavy (non-hydrogen) atoms. The number of fused-ring (bicyclic) bond motifs is 1. The van der Waals surface area contributed by atoms with E-state index >= 15 is 0 Å². The third-order valence-electron chi connectivity index (χ3n) is 4.70. The highest BCUT2D eigenvalue weighted by molar-refractivity contribution is 6.31. The van der Waals surface area contributed by atoms with Crippen molar-refractivity contribution in [2.75, 3.05) is 38.4 Å². The normalized spacial score (nSPS) is 11.1. The standard InChI is InChI=1S/C23H21ClFN5O3/c1-30(33-3)8-4-5-22(31)29-20-10-16-19(11-21(20)32-2)27-13-14(12-26)23(16)28-15-6-7-18(25)17(24)9-15/h4-7,9-11,13H,8H2,1-3H3,(H,27,28)(H,29,31). The van der Waals surface area contributed by atoms with Gasteiger partial charge in [0.15, 0.2) is 0 Å². The summed E-state index contributed by atoms with van der Waals surface area (Å²) < 4.78 is 19.0. The molecule has 0 aliphatic heterocycles. The van der Waals surface area contributed by atoms with E-state index in [1.165, 1.54) is 44.7 Å². The summed E-state index contributed by atoms with van der Waals surface area (Å²) in [4.78, 5) is 21.7. The van der Waals surface area contributed by atoms with E-state index in [0.29, 0.717) is 40.3 Å². The van der Waals surface area contributed by atoms with Gasteiger partial charge in [0.25, 0.3) is 0 Å². The van der Waals surface area contributed by atoms with Crippen LogP contribution in [0.15, 0.2) is 48.7 Å². The fraction of sp³-hybridized carbons (Fsp3) is 0.174. The molecule has 0 aliphatic carbocycles. The second kappa shape index (κ2) is 10.7. The first kappa shape index (κ1) is 23.9. The minimum atomic E-state index is -0.554. The number of methoxy groups -OCH3 is 1. The number of rotatable bonds is 8. The van der Waals surface area contributed by atoms with Crippen molar-refractivity contribution in [3.05, 3.63) is 65.1 Å². The van der Waals surface area contributed by atoms with Gasteiger partial charge in [-0.25, -0.2) is 4.39 Å². The molecule has 1 aromatic heterocycles. The maximum absolute atomic E-state index is 13.6. The molecule has 0 spiro atoms. The molecule has 2 aromatic carbocycles. The SMILES string of the molecule is COc1cc2ncc(C#N)c(Nc3ccc(F)c(Cl)c3)c2cc1NC(=O)C=CCN(C)OC. The van der Waals surface area contributed by atoms with E-state index in [1.54, 1.807) is 30.3 Å². The van der Waals surface area contributed by atoms with Gasteiger partial charge in [0, 0.05) is 43.0 Å². The van der Waals surface area contributed by atoms with E-state index in [1.807, 2.05) is 0 Å². The van der Waals surface area contributed by atoms with Crippen LogP contribution in [0.1, 0.15) is 5.56 Å². The monoisotopic (exact) mass is 469 g/mol.